The predicted octanol–water partition coefficient (Wildman–Crippen LogP) is 0.891. The van der Waals surface area contributed by atoms with Crippen LogP contribution in [0, 0.1) is 0 Å². The summed E-state index contributed by atoms with van der Waals surface area (Å²) in [5.74, 6) is 0.156. The van der Waals surface area contributed by atoms with Crippen molar-refractivity contribution in [1.29, 1.82) is 0 Å². The van der Waals surface area contributed by atoms with E-state index in [9.17, 15) is 8.42 Å². The minimum absolute atomic E-state index is 0.0677. The molecule has 0 aliphatic carbocycles. The van der Waals surface area contributed by atoms with Crippen molar-refractivity contribution in [3.05, 3.63) is 0 Å². The van der Waals surface area contributed by atoms with E-state index in [1.54, 1.807) is 11.8 Å². The third kappa shape index (κ3) is 4.88. The van der Waals surface area contributed by atoms with E-state index >= 15 is 0 Å². The van der Waals surface area contributed by atoms with Crippen LogP contribution < -0.4 is 5.32 Å². The Morgan fingerprint density at radius 2 is 2.33 bits per heavy atom. The van der Waals surface area contributed by atoms with Gasteiger partial charge in [-0.2, -0.15) is 0 Å². The fraction of sp³-hybridized carbons (Fsp3) is 0.889. The highest BCUT2D eigenvalue weighted by molar-refractivity contribution is 8.14. The zero-order chi connectivity index (χ0) is 11.5. The van der Waals surface area contributed by atoms with E-state index in [0.29, 0.717) is 5.25 Å². The average Bonchev–Trinajstić information content (AvgIpc) is 2.48. The van der Waals surface area contributed by atoms with Gasteiger partial charge >= 0.3 is 0 Å². The van der Waals surface area contributed by atoms with Crippen molar-refractivity contribution >= 4 is 26.8 Å². The summed E-state index contributed by atoms with van der Waals surface area (Å²) in [5.41, 5.74) is 0. The lowest BCUT2D eigenvalue weighted by Crippen LogP contribution is -2.35. The fourth-order valence-electron chi connectivity index (χ4n) is 1.42. The molecule has 0 bridgehead atoms. The summed E-state index contributed by atoms with van der Waals surface area (Å²) in [6, 6.07) is -0.0677. The quantitative estimate of drug-likeness (QED) is 0.805. The predicted molar refractivity (Wildman–Crippen MR) is 66.3 cm³/mol. The van der Waals surface area contributed by atoms with Crippen LogP contribution in [0.2, 0.25) is 0 Å². The largest absolute Gasteiger partial charge is 0.361 e. The molecule has 0 saturated heterocycles. The maximum Gasteiger partial charge on any atom is 0.157 e. The van der Waals surface area contributed by atoms with E-state index in [-0.39, 0.29) is 11.8 Å². The maximum atomic E-state index is 11.0. The van der Waals surface area contributed by atoms with Crippen molar-refractivity contribution < 1.29 is 8.42 Å². The second kappa shape index (κ2) is 5.21. The van der Waals surface area contributed by atoms with Crippen molar-refractivity contribution in [2.75, 3.05) is 18.6 Å². The monoisotopic (exact) mass is 250 g/mol. The minimum Gasteiger partial charge on any atom is -0.361 e. The van der Waals surface area contributed by atoms with E-state index < -0.39 is 9.84 Å². The van der Waals surface area contributed by atoms with Gasteiger partial charge in [-0.1, -0.05) is 18.7 Å². The van der Waals surface area contributed by atoms with Gasteiger partial charge in [-0.05, 0) is 13.3 Å². The Hall–Kier alpha value is -0.230. The van der Waals surface area contributed by atoms with Crippen LogP contribution in [0.15, 0.2) is 4.99 Å². The molecule has 1 N–H and O–H groups in total. The summed E-state index contributed by atoms with van der Waals surface area (Å²) in [7, 11) is -2.91. The fourth-order valence-corrected chi connectivity index (χ4v) is 3.46. The number of nitrogens with zero attached hydrogens (tertiary/aromatic N) is 1. The van der Waals surface area contributed by atoms with Gasteiger partial charge in [0.15, 0.2) is 5.17 Å². The third-order valence-corrected chi connectivity index (χ3v) is 4.49. The van der Waals surface area contributed by atoms with Gasteiger partial charge in [-0.3, -0.25) is 4.99 Å². The number of hydrogen-bond donors (Lipinski definition) is 1. The molecule has 1 aliphatic rings. The molecule has 0 saturated carbocycles. The summed E-state index contributed by atoms with van der Waals surface area (Å²) < 4.78 is 22.1. The Morgan fingerprint density at radius 1 is 1.67 bits per heavy atom. The maximum absolute atomic E-state index is 11.0. The standard InChI is InChI=1S/C9H18N2O2S2/c1-4-8-5-10-9(14-8)11-7(2)6-15(3,12)13/h7-8H,4-6H2,1-3H3,(H,10,11). The molecule has 0 aromatic carbocycles. The van der Waals surface area contributed by atoms with Gasteiger partial charge in [0.1, 0.15) is 9.84 Å². The summed E-state index contributed by atoms with van der Waals surface area (Å²) in [4.78, 5) is 4.33. The van der Waals surface area contributed by atoms with Crippen LogP contribution in [0.1, 0.15) is 20.3 Å². The Balaban J connectivity index is 2.37. The second-order valence-corrected chi connectivity index (χ2v) is 7.41. The number of sulfone groups is 1. The molecule has 0 fully saturated rings. The van der Waals surface area contributed by atoms with E-state index in [0.717, 1.165) is 18.1 Å². The van der Waals surface area contributed by atoms with E-state index in [1.807, 2.05) is 6.92 Å². The number of nitrogens with one attached hydrogen (secondary N) is 1. The van der Waals surface area contributed by atoms with Crippen LogP contribution >= 0.6 is 11.8 Å². The van der Waals surface area contributed by atoms with Crippen molar-refractivity contribution in [1.82, 2.24) is 5.32 Å². The minimum atomic E-state index is -2.91. The lowest BCUT2D eigenvalue weighted by Gasteiger charge is -2.13. The van der Waals surface area contributed by atoms with Gasteiger partial charge < -0.3 is 5.32 Å². The average molecular weight is 250 g/mol. The Labute approximate surface area is 95.8 Å². The first-order valence-electron chi connectivity index (χ1n) is 5.06. The van der Waals surface area contributed by atoms with Gasteiger partial charge in [0.25, 0.3) is 0 Å². The molecule has 1 rings (SSSR count). The first-order chi connectivity index (χ1) is 6.90. The van der Waals surface area contributed by atoms with E-state index in [2.05, 4.69) is 17.2 Å². The molecule has 2 atom stereocenters. The van der Waals surface area contributed by atoms with Gasteiger partial charge in [-0.15, -0.1) is 0 Å². The number of amidine groups is 1. The molecule has 6 heteroatoms. The number of hydrogen-bond acceptors (Lipinski definition) is 5. The van der Waals surface area contributed by atoms with E-state index in [1.165, 1.54) is 6.26 Å². The first kappa shape index (κ1) is 12.8. The molecule has 0 spiro atoms. The van der Waals surface area contributed by atoms with Crippen LogP contribution in [-0.4, -0.2) is 43.4 Å². The summed E-state index contributed by atoms with van der Waals surface area (Å²) in [5, 5.41) is 4.57. The first-order valence-corrected chi connectivity index (χ1v) is 8.00. The highest BCUT2D eigenvalue weighted by Gasteiger charge is 2.20. The highest BCUT2D eigenvalue weighted by Crippen LogP contribution is 2.22. The zero-order valence-corrected chi connectivity index (χ0v) is 11.0. The van der Waals surface area contributed by atoms with Crippen molar-refractivity contribution in [3.63, 3.8) is 0 Å². The number of thioether (sulfide) groups is 1. The summed E-state index contributed by atoms with van der Waals surface area (Å²) in [6.07, 6.45) is 2.35. The normalized spacial score (nSPS) is 23.7. The SMILES string of the molecule is CCC1CN=C(NC(C)CS(C)(=O)=O)S1. The second-order valence-electron chi connectivity index (χ2n) is 3.93. The molecule has 1 aliphatic heterocycles. The van der Waals surface area contributed by atoms with Crippen LogP contribution in [0.25, 0.3) is 0 Å². The highest BCUT2D eigenvalue weighted by atomic mass is 32.2. The van der Waals surface area contributed by atoms with Gasteiger partial charge in [-0.25, -0.2) is 8.42 Å². The van der Waals surface area contributed by atoms with Crippen molar-refractivity contribution in [2.24, 2.45) is 4.99 Å². The lowest BCUT2D eigenvalue weighted by atomic mass is 10.3. The molecule has 0 aromatic rings. The molecule has 0 aromatic heterocycles. The zero-order valence-electron chi connectivity index (χ0n) is 9.36. The topological polar surface area (TPSA) is 58.5 Å². The van der Waals surface area contributed by atoms with Crippen LogP contribution in [-0.2, 0) is 9.84 Å². The molecule has 0 radical (unpaired) electrons. The van der Waals surface area contributed by atoms with Gasteiger partial charge in [0.05, 0.1) is 12.3 Å². The lowest BCUT2D eigenvalue weighted by molar-refractivity contribution is 0.591. The molecule has 15 heavy (non-hydrogen) atoms. The Kier molecular flexibility index (Phi) is 4.45. The van der Waals surface area contributed by atoms with Crippen molar-refractivity contribution in [3.8, 4) is 0 Å². The smallest absolute Gasteiger partial charge is 0.157 e. The molecular weight excluding hydrogens is 232 g/mol. The van der Waals surface area contributed by atoms with Gasteiger partial charge in [0, 0.05) is 17.5 Å². The summed E-state index contributed by atoms with van der Waals surface area (Å²) in [6.45, 7) is 4.84. The third-order valence-electron chi connectivity index (χ3n) is 2.09. The number of aliphatic imine (C=N–C) groups is 1. The molecular formula is C9H18N2O2S2. The van der Waals surface area contributed by atoms with Crippen LogP contribution in [0.5, 0.6) is 0 Å². The van der Waals surface area contributed by atoms with E-state index in [4.69, 9.17) is 0 Å². The Bertz CT molecular complexity index is 338. The van der Waals surface area contributed by atoms with Gasteiger partial charge in [0.2, 0.25) is 0 Å². The molecule has 0 amide bonds. The van der Waals surface area contributed by atoms with Crippen LogP contribution in [0.4, 0.5) is 0 Å². The molecule has 2 unspecified atom stereocenters. The van der Waals surface area contributed by atoms with Crippen molar-refractivity contribution in [2.45, 2.75) is 31.6 Å². The molecule has 88 valence electrons. The molecule has 1 heterocycles. The summed E-state index contributed by atoms with van der Waals surface area (Å²) >= 11 is 1.71. The molecule has 4 nitrogen and oxygen atoms in total. The number of rotatable bonds is 4. The van der Waals surface area contributed by atoms with Crippen LogP contribution in [0.3, 0.4) is 0 Å². The Morgan fingerprint density at radius 3 is 2.80 bits per heavy atom.